The number of hydrogen-bond acceptors (Lipinski definition) is 3. The summed E-state index contributed by atoms with van der Waals surface area (Å²) < 4.78 is 19.4. The van der Waals surface area contributed by atoms with Gasteiger partial charge in [0.15, 0.2) is 0 Å². The zero-order valence-corrected chi connectivity index (χ0v) is 13.8. The molecule has 1 amide bonds. The highest BCUT2D eigenvalue weighted by atomic mass is 19.1. The maximum absolute atomic E-state index is 13.9. The van der Waals surface area contributed by atoms with Gasteiger partial charge in [-0.15, -0.1) is 0 Å². The Morgan fingerprint density at radius 2 is 1.72 bits per heavy atom. The molecule has 2 heterocycles. The molecule has 0 aliphatic carbocycles. The van der Waals surface area contributed by atoms with E-state index in [9.17, 15) is 9.18 Å². The number of fused-ring (bicyclic) bond motifs is 1. The average molecular weight is 338 g/mol. The van der Waals surface area contributed by atoms with Crippen LogP contribution in [0.3, 0.4) is 0 Å². The molecule has 4 rings (SSSR count). The number of halogens is 1. The third-order valence-electron chi connectivity index (χ3n) is 4.73. The number of carbonyl (C=O) groups excluding carboxylic acids is 1. The fourth-order valence-corrected chi connectivity index (χ4v) is 3.35. The Balaban J connectivity index is 1.41. The second-order valence-corrected chi connectivity index (χ2v) is 6.25. The summed E-state index contributed by atoms with van der Waals surface area (Å²) in [6.45, 7) is 2.48. The molecule has 0 radical (unpaired) electrons. The first kappa shape index (κ1) is 15.7. The molecule has 0 unspecified atom stereocenters. The fourth-order valence-electron chi connectivity index (χ4n) is 3.35. The van der Waals surface area contributed by atoms with Crippen LogP contribution in [0.4, 0.5) is 10.1 Å². The van der Waals surface area contributed by atoms with Gasteiger partial charge in [0.25, 0.3) is 0 Å². The standard InChI is InChI=1S/C20H19FN2O2/c21-17-6-2-3-7-18(17)22-9-11-23(12-10-22)20(24)13-15-14-25-19-8-4-1-5-16(15)19/h1-8,14H,9-13H2. The van der Waals surface area contributed by atoms with Gasteiger partial charge in [-0.05, 0) is 18.2 Å². The van der Waals surface area contributed by atoms with Gasteiger partial charge in [0, 0.05) is 37.1 Å². The van der Waals surface area contributed by atoms with E-state index in [4.69, 9.17) is 4.42 Å². The minimum absolute atomic E-state index is 0.0831. The van der Waals surface area contributed by atoms with Gasteiger partial charge < -0.3 is 14.2 Å². The maximum atomic E-state index is 13.9. The molecule has 0 N–H and O–H groups in total. The van der Waals surface area contributed by atoms with Gasteiger partial charge in [0.2, 0.25) is 5.91 Å². The molecule has 1 aliphatic heterocycles. The maximum Gasteiger partial charge on any atom is 0.227 e. The van der Waals surface area contributed by atoms with Crippen molar-refractivity contribution < 1.29 is 13.6 Å². The lowest BCUT2D eigenvalue weighted by atomic mass is 10.1. The number of anilines is 1. The monoisotopic (exact) mass is 338 g/mol. The lowest BCUT2D eigenvalue weighted by Gasteiger charge is -2.36. The molecule has 2 aromatic carbocycles. The number of benzene rings is 2. The van der Waals surface area contributed by atoms with Crippen molar-refractivity contribution in [3.05, 3.63) is 66.2 Å². The molecule has 0 bridgehead atoms. The lowest BCUT2D eigenvalue weighted by Crippen LogP contribution is -2.49. The minimum atomic E-state index is -0.216. The van der Waals surface area contributed by atoms with Crippen molar-refractivity contribution in [1.29, 1.82) is 0 Å². The van der Waals surface area contributed by atoms with E-state index in [2.05, 4.69) is 0 Å². The third kappa shape index (κ3) is 3.09. The van der Waals surface area contributed by atoms with E-state index in [1.54, 1.807) is 18.4 Å². The van der Waals surface area contributed by atoms with E-state index in [-0.39, 0.29) is 11.7 Å². The van der Waals surface area contributed by atoms with E-state index in [1.807, 2.05) is 40.1 Å². The number of furan rings is 1. The predicted molar refractivity (Wildman–Crippen MR) is 95.1 cm³/mol. The quantitative estimate of drug-likeness (QED) is 0.734. The predicted octanol–water partition coefficient (Wildman–Crippen LogP) is 3.46. The minimum Gasteiger partial charge on any atom is -0.464 e. The summed E-state index contributed by atoms with van der Waals surface area (Å²) in [6.07, 6.45) is 1.99. The van der Waals surface area contributed by atoms with Crippen molar-refractivity contribution in [3.63, 3.8) is 0 Å². The number of rotatable bonds is 3. The molecule has 1 aliphatic rings. The molecule has 1 saturated heterocycles. The Bertz CT molecular complexity index is 897. The van der Waals surface area contributed by atoms with Crippen molar-refractivity contribution in [2.24, 2.45) is 0 Å². The summed E-state index contributed by atoms with van der Waals surface area (Å²) in [7, 11) is 0. The summed E-state index contributed by atoms with van der Waals surface area (Å²) in [6, 6.07) is 14.5. The topological polar surface area (TPSA) is 36.7 Å². The van der Waals surface area contributed by atoms with Gasteiger partial charge >= 0.3 is 0 Å². The number of hydrogen-bond donors (Lipinski definition) is 0. The normalized spacial score (nSPS) is 14.9. The Kier molecular flexibility index (Phi) is 4.14. The Morgan fingerprint density at radius 1 is 1.00 bits per heavy atom. The molecular formula is C20H19FN2O2. The molecule has 3 aromatic rings. The zero-order chi connectivity index (χ0) is 17.2. The van der Waals surface area contributed by atoms with E-state index in [0.29, 0.717) is 38.3 Å². The second kappa shape index (κ2) is 6.59. The van der Waals surface area contributed by atoms with Crippen molar-refractivity contribution >= 4 is 22.6 Å². The SMILES string of the molecule is O=C(Cc1coc2ccccc12)N1CCN(c2ccccc2F)CC1. The van der Waals surface area contributed by atoms with Crippen LogP contribution >= 0.6 is 0 Å². The van der Waals surface area contributed by atoms with Crippen LogP contribution in [-0.4, -0.2) is 37.0 Å². The summed E-state index contributed by atoms with van der Waals surface area (Å²) in [5.41, 5.74) is 2.32. The lowest BCUT2D eigenvalue weighted by molar-refractivity contribution is -0.130. The van der Waals surface area contributed by atoms with Gasteiger partial charge in [0.1, 0.15) is 11.4 Å². The van der Waals surface area contributed by atoms with Gasteiger partial charge in [-0.2, -0.15) is 0 Å². The van der Waals surface area contributed by atoms with Crippen LogP contribution in [0.2, 0.25) is 0 Å². The van der Waals surface area contributed by atoms with Crippen molar-refractivity contribution in [2.45, 2.75) is 6.42 Å². The van der Waals surface area contributed by atoms with Crippen molar-refractivity contribution in [3.8, 4) is 0 Å². The van der Waals surface area contributed by atoms with Crippen LogP contribution < -0.4 is 4.90 Å². The first-order valence-corrected chi connectivity index (χ1v) is 8.45. The first-order valence-electron chi connectivity index (χ1n) is 8.45. The molecule has 0 spiro atoms. The van der Waals surface area contributed by atoms with E-state index in [0.717, 1.165) is 16.5 Å². The molecule has 128 valence electrons. The highest BCUT2D eigenvalue weighted by Gasteiger charge is 2.23. The van der Waals surface area contributed by atoms with E-state index >= 15 is 0 Å². The molecule has 1 aromatic heterocycles. The number of amides is 1. The Hall–Kier alpha value is -2.82. The third-order valence-corrected chi connectivity index (χ3v) is 4.73. The molecule has 1 fully saturated rings. The summed E-state index contributed by atoms with van der Waals surface area (Å²) in [4.78, 5) is 16.4. The largest absolute Gasteiger partial charge is 0.464 e. The molecule has 25 heavy (non-hydrogen) atoms. The van der Waals surface area contributed by atoms with E-state index in [1.165, 1.54) is 6.07 Å². The van der Waals surface area contributed by atoms with Gasteiger partial charge in [-0.1, -0.05) is 30.3 Å². The average Bonchev–Trinajstić information content (AvgIpc) is 3.05. The molecular weight excluding hydrogens is 319 g/mol. The van der Waals surface area contributed by atoms with Crippen LogP contribution in [0.1, 0.15) is 5.56 Å². The number of nitrogens with zero attached hydrogens (tertiary/aromatic N) is 2. The van der Waals surface area contributed by atoms with Crippen molar-refractivity contribution in [1.82, 2.24) is 4.90 Å². The molecule has 5 heteroatoms. The summed E-state index contributed by atoms with van der Waals surface area (Å²) in [5, 5.41) is 0.987. The molecule has 4 nitrogen and oxygen atoms in total. The highest BCUT2D eigenvalue weighted by Crippen LogP contribution is 2.23. The van der Waals surface area contributed by atoms with Gasteiger partial charge in [-0.3, -0.25) is 4.79 Å². The van der Waals surface area contributed by atoms with Gasteiger partial charge in [0.05, 0.1) is 18.4 Å². The van der Waals surface area contributed by atoms with E-state index < -0.39 is 0 Å². The van der Waals surface area contributed by atoms with Crippen LogP contribution in [0, 0.1) is 5.82 Å². The Labute approximate surface area is 145 Å². The Morgan fingerprint density at radius 3 is 2.52 bits per heavy atom. The van der Waals surface area contributed by atoms with Crippen LogP contribution in [0.25, 0.3) is 11.0 Å². The van der Waals surface area contributed by atoms with Gasteiger partial charge in [-0.25, -0.2) is 4.39 Å². The number of carbonyl (C=O) groups is 1. The van der Waals surface area contributed by atoms with Crippen LogP contribution in [-0.2, 0) is 11.2 Å². The molecule has 0 atom stereocenters. The number of piperazine rings is 1. The highest BCUT2D eigenvalue weighted by molar-refractivity contribution is 5.87. The second-order valence-electron chi connectivity index (χ2n) is 6.25. The first-order chi connectivity index (χ1) is 12.2. The molecule has 0 saturated carbocycles. The summed E-state index contributed by atoms with van der Waals surface area (Å²) >= 11 is 0. The number of para-hydroxylation sites is 2. The van der Waals surface area contributed by atoms with Crippen molar-refractivity contribution in [2.75, 3.05) is 31.1 Å². The summed E-state index contributed by atoms with van der Waals surface area (Å²) in [5.74, 6) is -0.133. The zero-order valence-electron chi connectivity index (χ0n) is 13.8. The fraction of sp³-hybridized carbons (Fsp3) is 0.250. The smallest absolute Gasteiger partial charge is 0.227 e. The van der Waals surface area contributed by atoms with Crippen LogP contribution in [0.5, 0.6) is 0 Å². The van der Waals surface area contributed by atoms with Crippen LogP contribution in [0.15, 0.2) is 59.2 Å².